The summed E-state index contributed by atoms with van der Waals surface area (Å²) in [5.41, 5.74) is -0.131. The van der Waals surface area contributed by atoms with Crippen molar-refractivity contribution in [2.75, 3.05) is 19.8 Å². The molecule has 3 nitrogen and oxygen atoms in total. The molecule has 0 bridgehead atoms. The molecule has 112 valence electrons. The average Bonchev–Trinajstić information content (AvgIpc) is 2.89. The van der Waals surface area contributed by atoms with Crippen LogP contribution < -0.4 is 10.1 Å². The molecule has 1 N–H and O–H groups in total. The van der Waals surface area contributed by atoms with Gasteiger partial charge in [-0.25, -0.2) is 0 Å². The van der Waals surface area contributed by atoms with Crippen molar-refractivity contribution in [3.05, 3.63) is 29.3 Å². The maximum atomic E-state index is 13.1. The quantitative estimate of drug-likeness (QED) is 0.904. The van der Waals surface area contributed by atoms with Crippen molar-refractivity contribution in [1.29, 1.82) is 0 Å². The van der Waals surface area contributed by atoms with Gasteiger partial charge in [0.25, 0.3) is 0 Å². The monoisotopic (exact) mass is 289 g/mol. The molecule has 1 saturated heterocycles. The predicted molar refractivity (Wildman–Crippen MR) is 68.7 cm³/mol. The van der Waals surface area contributed by atoms with Crippen molar-refractivity contribution >= 4 is 0 Å². The van der Waals surface area contributed by atoms with Crippen molar-refractivity contribution in [3.63, 3.8) is 0 Å². The number of halogens is 3. The number of hydrogen-bond acceptors (Lipinski definition) is 3. The summed E-state index contributed by atoms with van der Waals surface area (Å²) in [4.78, 5) is 0. The molecular weight excluding hydrogens is 271 g/mol. The van der Waals surface area contributed by atoms with Crippen LogP contribution in [0.25, 0.3) is 0 Å². The van der Waals surface area contributed by atoms with Gasteiger partial charge in [-0.15, -0.1) is 0 Å². The van der Waals surface area contributed by atoms with Gasteiger partial charge >= 0.3 is 6.18 Å². The normalized spacial score (nSPS) is 19.3. The SMILES string of the molecule is CCNCc1ccc(OC2CCOC2)c(C(F)(F)F)c1. The summed E-state index contributed by atoms with van der Waals surface area (Å²) in [5.74, 6) is -0.117. The largest absolute Gasteiger partial charge is 0.487 e. The molecule has 0 saturated carbocycles. The van der Waals surface area contributed by atoms with Gasteiger partial charge in [-0.05, 0) is 24.2 Å². The summed E-state index contributed by atoms with van der Waals surface area (Å²) in [6, 6.07) is 4.20. The van der Waals surface area contributed by atoms with Crippen LogP contribution in [0.3, 0.4) is 0 Å². The molecule has 1 fully saturated rings. The van der Waals surface area contributed by atoms with E-state index in [-0.39, 0.29) is 11.9 Å². The highest BCUT2D eigenvalue weighted by atomic mass is 19.4. The molecule has 1 atom stereocenters. The van der Waals surface area contributed by atoms with Gasteiger partial charge < -0.3 is 14.8 Å². The molecule has 1 aromatic carbocycles. The second-order valence-corrected chi connectivity index (χ2v) is 4.71. The fourth-order valence-corrected chi connectivity index (χ4v) is 2.07. The first-order valence-electron chi connectivity index (χ1n) is 6.66. The van der Waals surface area contributed by atoms with Crippen LogP contribution in [0.15, 0.2) is 18.2 Å². The smallest absolute Gasteiger partial charge is 0.419 e. The molecule has 2 rings (SSSR count). The fraction of sp³-hybridized carbons (Fsp3) is 0.571. The molecule has 0 radical (unpaired) electrons. The molecule has 1 aromatic rings. The first-order valence-corrected chi connectivity index (χ1v) is 6.66. The zero-order chi connectivity index (χ0) is 14.6. The minimum Gasteiger partial charge on any atom is -0.487 e. The Hall–Kier alpha value is -1.27. The van der Waals surface area contributed by atoms with Crippen LogP contribution in [0.5, 0.6) is 5.75 Å². The van der Waals surface area contributed by atoms with Gasteiger partial charge in [0.05, 0.1) is 18.8 Å². The first-order chi connectivity index (χ1) is 9.50. The molecule has 1 heterocycles. The number of rotatable bonds is 5. The third-order valence-electron chi connectivity index (χ3n) is 3.11. The number of alkyl halides is 3. The van der Waals surface area contributed by atoms with E-state index < -0.39 is 11.7 Å². The van der Waals surface area contributed by atoms with Crippen molar-refractivity contribution < 1.29 is 22.6 Å². The van der Waals surface area contributed by atoms with E-state index in [1.54, 1.807) is 6.07 Å². The van der Waals surface area contributed by atoms with Crippen molar-refractivity contribution in [1.82, 2.24) is 5.32 Å². The zero-order valence-corrected chi connectivity index (χ0v) is 11.3. The minimum atomic E-state index is -4.42. The van der Waals surface area contributed by atoms with E-state index in [1.165, 1.54) is 6.07 Å². The predicted octanol–water partition coefficient (Wildman–Crippen LogP) is 2.98. The van der Waals surface area contributed by atoms with Gasteiger partial charge in [0.1, 0.15) is 11.9 Å². The van der Waals surface area contributed by atoms with Gasteiger partial charge in [0.15, 0.2) is 0 Å². The minimum absolute atomic E-state index is 0.117. The Bertz CT molecular complexity index is 443. The summed E-state index contributed by atoms with van der Waals surface area (Å²) in [6.07, 6.45) is -4.09. The van der Waals surface area contributed by atoms with E-state index in [1.807, 2.05) is 6.92 Å². The molecule has 1 unspecified atom stereocenters. The van der Waals surface area contributed by atoms with Crippen LogP contribution in [0.4, 0.5) is 13.2 Å². The van der Waals surface area contributed by atoms with Gasteiger partial charge in [-0.1, -0.05) is 13.0 Å². The van der Waals surface area contributed by atoms with Crippen LogP contribution in [-0.2, 0) is 17.5 Å². The Morgan fingerprint density at radius 3 is 2.80 bits per heavy atom. The van der Waals surface area contributed by atoms with Crippen molar-refractivity contribution in [2.45, 2.75) is 32.2 Å². The van der Waals surface area contributed by atoms with Gasteiger partial charge in [0, 0.05) is 13.0 Å². The molecular formula is C14H18F3NO2. The third-order valence-corrected chi connectivity index (χ3v) is 3.11. The van der Waals surface area contributed by atoms with E-state index in [4.69, 9.17) is 9.47 Å². The summed E-state index contributed by atoms with van der Waals surface area (Å²) in [5, 5.41) is 3.01. The van der Waals surface area contributed by atoms with Crippen LogP contribution in [-0.4, -0.2) is 25.9 Å². The van der Waals surface area contributed by atoms with Crippen molar-refractivity contribution in [2.24, 2.45) is 0 Å². The van der Waals surface area contributed by atoms with E-state index in [9.17, 15) is 13.2 Å². The lowest BCUT2D eigenvalue weighted by atomic mass is 10.1. The highest BCUT2D eigenvalue weighted by Gasteiger charge is 2.35. The maximum Gasteiger partial charge on any atom is 0.419 e. The van der Waals surface area contributed by atoms with Crippen molar-refractivity contribution in [3.8, 4) is 5.75 Å². The van der Waals surface area contributed by atoms with Gasteiger partial charge in [-0.2, -0.15) is 13.2 Å². The number of ether oxygens (including phenoxy) is 2. The summed E-state index contributed by atoms with van der Waals surface area (Å²) < 4.78 is 49.8. The number of nitrogens with one attached hydrogen (secondary N) is 1. The fourth-order valence-electron chi connectivity index (χ4n) is 2.07. The average molecular weight is 289 g/mol. The molecule has 0 spiro atoms. The molecule has 0 aliphatic carbocycles. The van der Waals surface area contributed by atoms with E-state index in [0.29, 0.717) is 38.3 Å². The van der Waals surface area contributed by atoms with E-state index in [0.717, 1.165) is 6.07 Å². The highest BCUT2D eigenvalue weighted by Crippen LogP contribution is 2.37. The van der Waals surface area contributed by atoms with E-state index >= 15 is 0 Å². The van der Waals surface area contributed by atoms with Crippen LogP contribution in [0.2, 0.25) is 0 Å². The second-order valence-electron chi connectivity index (χ2n) is 4.71. The first kappa shape index (κ1) is 15.1. The summed E-state index contributed by atoms with van der Waals surface area (Å²) >= 11 is 0. The Kier molecular flexibility index (Phi) is 4.88. The van der Waals surface area contributed by atoms with Gasteiger partial charge in [-0.3, -0.25) is 0 Å². The standard InChI is InChI=1S/C14H18F3NO2/c1-2-18-8-10-3-4-13(12(7-10)14(15,16)17)20-11-5-6-19-9-11/h3-4,7,11,18H,2,5-6,8-9H2,1H3. The topological polar surface area (TPSA) is 30.5 Å². The molecule has 20 heavy (non-hydrogen) atoms. The Morgan fingerprint density at radius 1 is 1.40 bits per heavy atom. The lowest BCUT2D eigenvalue weighted by Gasteiger charge is -2.18. The molecule has 0 aromatic heterocycles. The Labute approximate surface area is 116 Å². The maximum absolute atomic E-state index is 13.1. The molecule has 0 amide bonds. The Balaban J connectivity index is 2.20. The zero-order valence-electron chi connectivity index (χ0n) is 11.3. The van der Waals surface area contributed by atoms with Gasteiger partial charge in [0.2, 0.25) is 0 Å². The Morgan fingerprint density at radius 2 is 2.20 bits per heavy atom. The van der Waals surface area contributed by atoms with Crippen LogP contribution in [0.1, 0.15) is 24.5 Å². The summed E-state index contributed by atoms with van der Waals surface area (Å²) in [7, 11) is 0. The van der Waals surface area contributed by atoms with Crippen LogP contribution >= 0.6 is 0 Å². The molecule has 1 aliphatic rings. The lowest BCUT2D eigenvalue weighted by molar-refractivity contribution is -0.139. The molecule has 1 aliphatic heterocycles. The molecule has 6 heteroatoms. The number of hydrogen-bond donors (Lipinski definition) is 1. The number of benzene rings is 1. The second kappa shape index (κ2) is 6.45. The van der Waals surface area contributed by atoms with E-state index in [2.05, 4.69) is 5.32 Å². The van der Waals surface area contributed by atoms with Crippen LogP contribution in [0, 0.1) is 0 Å². The summed E-state index contributed by atoms with van der Waals surface area (Å²) in [6.45, 7) is 3.90. The lowest BCUT2D eigenvalue weighted by Crippen LogP contribution is -2.19. The highest BCUT2D eigenvalue weighted by molar-refractivity contribution is 5.39. The third kappa shape index (κ3) is 3.86.